The van der Waals surface area contributed by atoms with Gasteiger partial charge in [-0.2, -0.15) is 0 Å². The van der Waals surface area contributed by atoms with Crippen LogP contribution in [0.3, 0.4) is 0 Å². The third-order valence-electron chi connectivity index (χ3n) is 4.83. The smallest absolute Gasteiger partial charge is 0.191 e. The summed E-state index contributed by atoms with van der Waals surface area (Å²) < 4.78 is 21.8. The molecule has 0 spiro atoms. The fourth-order valence-electron chi connectivity index (χ4n) is 3.25. The van der Waals surface area contributed by atoms with Gasteiger partial charge in [0.05, 0.1) is 33.6 Å². The standard InChI is InChI=1S/C22H34N4O4.HI/c1-7-18-17(19(8-2)30-26-18)14-25-22(23-9-3)24-11-10-16-20(28-5)12-15(27-4)13-21(16)29-6;/h12-13H,7-11,14H2,1-6H3,(H2,23,24,25);1H. The van der Waals surface area contributed by atoms with Gasteiger partial charge in [-0.15, -0.1) is 24.0 Å². The lowest BCUT2D eigenvalue weighted by Gasteiger charge is -2.16. The summed E-state index contributed by atoms with van der Waals surface area (Å²) >= 11 is 0. The monoisotopic (exact) mass is 546 g/mol. The molecule has 1 heterocycles. The van der Waals surface area contributed by atoms with Crippen LogP contribution < -0.4 is 24.8 Å². The van der Waals surface area contributed by atoms with Gasteiger partial charge in [-0.1, -0.05) is 19.0 Å². The first-order valence-electron chi connectivity index (χ1n) is 10.4. The number of ether oxygens (including phenoxy) is 3. The van der Waals surface area contributed by atoms with Gasteiger partial charge in [0.1, 0.15) is 23.0 Å². The molecule has 0 unspecified atom stereocenters. The molecule has 174 valence electrons. The van der Waals surface area contributed by atoms with Crippen LogP contribution in [0, 0.1) is 0 Å². The van der Waals surface area contributed by atoms with Gasteiger partial charge in [-0.3, -0.25) is 0 Å². The molecule has 0 amide bonds. The van der Waals surface area contributed by atoms with Crippen molar-refractivity contribution in [3.05, 3.63) is 34.7 Å². The van der Waals surface area contributed by atoms with E-state index in [-0.39, 0.29) is 24.0 Å². The summed E-state index contributed by atoms with van der Waals surface area (Å²) in [5.41, 5.74) is 3.03. The number of aliphatic imine (C=N–C) groups is 1. The molecule has 2 N–H and O–H groups in total. The molecule has 0 saturated heterocycles. The number of guanidine groups is 1. The number of nitrogens with zero attached hydrogens (tertiary/aromatic N) is 2. The van der Waals surface area contributed by atoms with Crippen molar-refractivity contribution in [3.8, 4) is 17.2 Å². The van der Waals surface area contributed by atoms with Crippen LogP contribution in [0.15, 0.2) is 21.6 Å². The lowest BCUT2D eigenvalue weighted by molar-refractivity contribution is 0.368. The minimum absolute atomic E-state index is 0. The van der Waals surface area contributed by atoms with Crippen molar-refractivity contribution < 1.29 is 18.7 Å². The number of aromatic nitrogens is 1. The molecule has 0 fully saturated rings. The second-order valence-corrected chi connectivity index (χ2v) is 6.62. The molecule has 0 aliphatic rings. The molecule has 0 radical (unpaired) electrons. The Morgan fingerprint density at radius 3 is 2.16 bits per heavy atom. The molecule has 8 nitrogen and oxygen atoms in total. The summed E-state index contributed by atoms with van der Waals surface area (Å²) in [6.45, 7) is 8.14. The average molecular weight is 546 g/mol. The van der Waals surface area contributed by atoms with E-state index in [2.05, 4.69) is 29.6 Å². The van der Waals surface area contributed by atoms with E-state index < -0.39 is 0 Å². The summed E-state index contributed by atoms with van der Waals surface area (Å²) in [5, 5.41) is 10.8. The van der Waals surface area contributed by atoms with Gasteiger partial charge in [-0.05, 0) is 19.8 Å². The number of methoxy groups -OCH3 is 3. The Bertz CT molecular complexity index is 792. The Morgan fingerprint density at radius 1 is 0.968 bits per heavy atom. The lowest BCUT2D eigenvalue weighted by Crippen LogP contribution is -2.38. The molecule has 9 heteroatoms. The van der Waals surface area contributed by atoms with E-state index in [0.717, 1.165) is 59.4 Å². The first-order chi connectivity index (χ1) is 14.6. The molecule has 2 rings (SSSR count). The highest BCUT2D eigenvalue weighted by atomic mass is 127. The molecule has 2 aromatic rings. The van der Waals surface area contributed by atoms with Gasteiger partial charge in [0.2, 0.25) is 0 Å². The van der Waals surface area contributed by atoms with Crippen molar-refractivity contribution in [2.45, 2.75) is 46.6 Å². The molecular formula is C22H35IN4O4. The molecule has 1 aromatic carbocycles. The van der Waals surface area contributed by atoms with Crippen LogP contribution >= 0.6 is 24.0 Å². The van der Waals surface area contributed by atoms with Crippen LogP contribution in [-0.4, -0.2) is 45.5 Å². The third-order valence-corrected chi connectivity index (χ3v) is 4.83. The van der Waals surface area contributed by atoms with Gasteiger partial charge >= 0.3 is 0 Å². The zero-order valence-electron chi connectivity index (χ0n) is 19.3. The van der Waals surface area contributed by atoms with E-state index in [9.17, 15) is 0 Å². The number of rotatable bonds is 11. The molecule has 1 aromatic heterocycles. The first-order valence-corrected chi connectivity index (χ1v) is 10.4. The molecule has 0 aliphatic carbocycles. The molecule has 0 saturated carbocycles. The Balaban J connectivity index is 0.00000480. The number of nitrogens with one attached hydrogen (secondary N) is 2. The topological polar surface area (TPSA) is 90.1 Å². The summed E-state index contributed by atoms with van der Waals surface area (Å²) in [5.74, 6) is 3.81. The number of hydrogen-bond donors (Lipinski definition) is 2. The van der Waals surface area contributed by atoms with Gasteiger partial charge in [0.25, 0.3) is 0 Å². The van der Waals surface area contributed by atoms with Crippen molar-refractivity contribution in [3.63, 3.8) is 0 Å². The number of hydrogen-bond acceptors (Lipinski definition) is 6. The second-order valence-electron chi connectivity index (χ2n) is 6.62. The van der Waals surface area contributed by atoms with Gasteiger partial charge in [-0.25, -0.2) is 4.99 Å². The minimum Gasteiger partial charge on any atom is -0.496 e. The van der Waals surface area contributed by atoms with Crippen LogP contribution in [0.4, 0.5) is 0 Å². The predicted molar refractivity (Wildman–Crippen MR) is 133 cm³/mol. The van der Waals surface area contributed by atoms with Crippen molar-refractivity contribution in [2.75, 3.05) is 34.4 Å². The van der Waals surface area contributed by atoms with Crippen molar-refractivity contribution in [1.82, 2.24) is 15.8 Å². The maximum absolute atomic E-state index is 5.53. The van der Waals surface area contributed by atoms with Crippen molar-refractivity contribution in [2.24, 2.45) is 4.99 Å². The molecular weight excluding hydrogens is 511 g/mol. The summed E-state index contributed by atoms with van der Waals surface area (Å²) in [4.78, 5) is 4.73. The molecule has 31 heavy (non-hydrogen) atoms. The molecule has 0 bridgehead atoms. The average Bonchev–Trinajstić information content (AvgIpc) is 3.18. The zero-order valence-corrected chi connectivity index (χ0v) is 21.7. The summed E-state index contributed by atoms with van der Waals surface area (Å²) in [6, 6.07) is 3.73. The van der Waals surface area contributed by atoms with E-state index in [4.69, 9.17) is 23.7 Å². The van der Waals surface area contributed by atoms with E-state index in [1.54, 1.807) is 21.3 Å². The Morgan fingerprint density at radius 2 is 1.65 bits per heavy atom. The Hall–Kier alpha value is -2.17. The largest absolute Gasteiger partial charge is 0.496 e. The minimum atomic E-state index is 0. The summed E-state index contributed by atoms with van der Waals surface area (Å²) in [7, 11) is 4.91. The fraction of sp³-hybridized carbons (Fsp3) is 0.545. The van der Waals surface area contributed by atoms with E-state index in [1.807, 2.05) is 19.1 Å². The maximum atomic E-state index is 5.53. The fourth-order valence-corrected chi connectivity index (χ4v) is 3.25. The molecule has 0 atom stereocenters. The number of benzene rings is 1. The zero-order chi connectivity index (χ0) is 21.9. The van der Waals surface area contributed by atoms with Crippen LogP contribution in [0.1, 0.15) is 43.4 Å². The molecule has 0 aliphatic heterocycles. The van der Waals surface area contributed by atoms with Gasteiger partial charge in [0.15, 0.2) is 5.96 Å². The van der Waals surface area contributed by atoms with Crippen LogP contribution in [0.25, 0.3) is 0 Å². The SMILES string of the molecule is CCNC(=NCc1c(CC)noc1CC)NCCc1c(OC)cc(OC)cc1OC.I. The summed E-state index contributed by atoms with van der Waals surface area (Å²) in [6.07, 6.45) is 2.34. The second kappa shape index (κ2) is 14.0. The van der Waals surface area contributed by atoms with E-state index in [0.29, 0.717) is 25.3 Å². The quantitative estimate of drug-likeness (QED) is 0.252. The van der Waals surface area contributed by atoms with Crippen LogP contribution in [0.5, 0.6) is 17.2 Å². The van der Waals surface area contributed by atoms with E-state index in [1.165, 1.54) is 0 Å². The highest BCUT2D eigenvalue weighted by Crippen LogP contribution is 2.34. The lowest BCUT2D eigenvalue weighted by atomic mass is 10.1. The highest BCUT2D eigenvalue weighted by molar-refractivity contribution is 14.0. The van der Waals surface area contributed by atoms with Crippen molar-refractivity contribution >= 4 is 29.9 Å². The Kier molecular flexibility index (Phi) is 12.1. The van der Waals surface area contributed by atoms with Crippen LogP contribution in [-0.2, 0) is 25.8 Å². The highest BCUT2D eigenvalue weighted by Gasteiger charge is 2.15. The van der Waals surface area contributed by atoms with Gasteiger partial charge in [0, 0.05) is 42.8 Å². The maximum Gasteiger partial charge on any atom is 0.191 e. The van der Waals surface area contributed by atoms with E-state index >= 15 is 0 Å². The number of aryl methyl sites for hydroxylation is 2. The predicted octanol–water partition coefficient (Wildman–Crippen LogP) is 3.74. The first kappa shape index (κ1) is 26.9. The normalized spacial score (nSPS) is 11.0. The van der Waals surface area contributed by atoms with Crippen LogP contribution in [0.2, 0.25) is 0 Å². The number of halogens is 1. The van der Waals surface area contributed by atoms with Crippen molar-refractivity contribution in [1.29, 1.82) is 0 Å². The third kappa shape index (κ3) is 7.19. The van der Waals surface area contributed by atoms with Gasteiger partial charge < -0.3 is 29.4 Å². The Labute approximate surface area is 202 Å².